The number of aryl methyl sites for hydroxylation is 3. The van der Waals surface area contributed by atoms with Gasteiger partial charge in [-0.2, -0.15) is 5.10 Å². The van der Waals surface area contributed by atoms with Crippen LogP contribution in [0, 0.1) is 4.77 Å². The molecule has 0 fully saturated rings. The lowest BCUT2D eigenvalue weighted by Gasteiger charge is -2.10. The van der Waals surface area contributed by atoms with E-state index in [9.17, 15) is 0 Å². The summed E-state index contributed by atoms with van der Waals surface area (Å²) < 4.78 is 4.92. The molecule has 2 aromatic heterocycles. The molecule has 2 aromatic rings. The highest BCUT2D eigenvalue weighted by Gasteiger charge is 2.14. The van der Waals surface area contributed by atoms with E-state index in [1.54, 1.807) is 0 Å². The zero-order valence-corrected chi connectivity index (χ0v) is 13.0. The third-order valence-electron chi connectivity index (χ3n) is 3.30. The van der Waals surface area contributed by atoms with Crippen LogP contribution >= 0.6 is 12.2 Å². The van der Waals surface area contributed by atoms with Gasteiger partial charge < -0.3 is 14.5 Å². The van der Waals surface area contributed by atoms with Gasteiger partial charge in [0, 0.05) is 13.6 Å². The molecule has 0 saturated heterocycles. The van der Waals surface area contributed by atoms with Crippen LogP contribution in [0.5, 0.6) is 0 Å². The summed E-state index contributed by atoms with van der Waals surface area (Å²) >= 11 is 5.44. The van der Waals surface area contributed by atoms with Crippen LogP contribution in [-0.2, 0) is 20.0 Å². The van der Waals surface area contributed by atoms with E-state index in [1.807, 2.05) is 11.7 Å². The first-order valence-electron chi connectivity index (χ1n) is 6.83. The molecular weight excluding hydrogens is 258 g/mol. The Bertz CT molecular complexity index is 604. The summed E-state index contributed by atoms with van der Waals surface area (Å²) in [6.07, 6.45) is 3.17. The third-order valence-corrected chi connectivity index (χ3v) is 3.62. The molecule has 0 aliphatic heterocycles. The lowest BCUT2D eigenvalue weighted by Crippen LogP contribution is -2.15. The van der Waals surface area contributed by atoms with Crippen LogP contribution in [0.2, 0.25) is 0 Å². The quantitative estimate of drug-likeness (QED) is 0.826. The van der Waals surface area contributed by atoms with Crippen molar-refractivity contribution in [3.05, 3.63) is 10.5 Å². The Morgan fingerprint density at radius 1 is 1.37 bits per heavy atom. The average molecular weight is 281 g/mol. The predicted molar refractivity (Wildman–Crippen MR) is 81.1 cm³/mol. The number of hydrogen-bond donors (Lipinski definition) is 1. The van der Waals surface area contributed by atoms with Gasteiger partial charge in [-0.05, 0) is 45.7 Å². The summed E-state index contributed by atoms with van der Waals surface area (Å²) in [5.41, 5.74) is 3.35. The van der Waals surface area contributed by atoms with Crippen LogP contribution in [0.25, 0.3) is 11.2 Å². The standard InChI is InChI=1S/C13H23N5S/c1-5-7-10-11-12(17(4)15-10)18(13(19)14-11)9-6-8-16(2)3/h5-9H2,1-4H3,(H,14,19). The van der Waals surface area contributed by atoms with Gasteiger partial charge in [-0.1, -0.05) is 13.3 Å². The van der Waals surface area contributed by atoms with Crippen molar-refractivity contribution in [3.63, 3.8) is 0 Å². The summed E-state index contributed by atoms with van der Waals surface area (Å²) in [6.45, 7) is 4.17. The maximum absolute atomic E-state index is 5.44. The minimum atomic E-state index is 0.805. The van der Waals surface area contributed by atoms with Gasteiger partial charge in [0.25, 0.3) is 0 Å². The Morgan fingerprint density at radius 3 is 2.74 bits per heavy atom. The normalized spacial score (nSPS) is 11.8. The first kappa shape index (κ1) is 14.3. The first-order valence-corrected chi connectivity index (χ1v) is 7.24. The molecule has 0 spiro atoms. The Balaban J connectivity index is 2.33. The zero-order chi connectivity index (χ0) is 14.0. The maximum Gasteiger partial charge on any atom is 0.179 e. The number of fused-ring (bicyclic) bond motifs is 1. The van der Waals surface area contributed by atoms with Crippen LogP contribution in [0.3, 0.4) is 0 Å². The van der Waals surface area contributed by atoms with Gasteiger partial charge in [0.2, 0.25) is 0 Å². The molecule has 0 bridgehead atoms. The second-order valence-electron chi connectivity index (χ2n) is 5.26. The van der Waals surface area contributed by atoms with Gasteiger partial charge in [0.15, 0.2) is 10.4 Å². The highest BCUT2D eigenvalue weighted by Crippen LogP contribution is 2.19. The van der Waals surface area contributed by atoms with Gasteiger partial charge in [-0.25, -0.2) is 0 Å². The summed E-state index contributed by atoms with van der Waals surface area (Å²) in [5.74, 6) is 0. The molecular formula is C13H23N5S. The molecule has 0 radical (unpaired) electrons. The number of nitrogens with one attached hydrogen (secondary N) is 1. The molecule has 19 heavy (non-hydrogen) atoms. The fraction of sp³-hybridized carbons (Fsp3) is 0.692. The summed E-state index contributed by atoms with van der Waals surface area (Å²) in [4.78, 5) is 5.51. The van der Waals surface area contributed by atoms with Gasteiger partial charge in [0.05, 0.1) is 5.69 Å². The number of rotatable bonds is 6. The molecule has 0 unspecified atom stereocenters. The molecule has 0 aliphatic rings. The minimum absolute atomic E-state index is 0.805. The van der Waals surface area contributed by atoms with E-state index >= 15 is 0 Å². The van der Waals surface area contributed by atoms with Crippen LogP contribution in [0.1, 0.15) is 25.5 Å². The minimum Gasteiger partial charge on any atom is -0.328 e. The van der Waals surface area contributed by atoms with E-state index in [0.29, 0.717) is 0 Å². The largest absolute Gasteiger partial charge is 0.328 e. The monoisotopic (exact) mass is 281 g/mol. The molecule has 106 valence electrons. The average Bonchev–Trinajstić information content (AvgIpc) is 2.79. The van der Waals surface area contributed by atoms with Crippen molar-refractivity contribution >= 4 is 23.4 Å². The Labute approximate surface area is 119 Å². The molecule has 5 nitrogen and oxygen atoms in total. The summed E-state index contributed by atoms with van der Waals surface area (Å²) in [6, 6.07) is 0. The maximum atomic E-state index is 5.44. The van der Waals surface area contributed by atoms with E-state index in [0.717, 1.165) is 54.0 Å². The number of imidazole rings is 1. The van der Waals surface area contributed by atoms with E-state index in [4.69, 9.17) is 12.2 Å². The second-order valence-corrected chi connectivity index (χ2v) is 5.64. The molecule has 2 rings (SSSR count). The Hall–Kier alpha value is -1.14. The van der Waals surface area contributed by atoms with Crippen molar-refractivity contribution in [3.8, 4) is 0 Å². The van der Waals surface area contributed by atoms with Crippen molar-refractivity contribution in [2.45, 2.75) is 32.7 Å². The van der Waals surface area contributed by atoms with Crippen LogP contribution in [0.4, 0.5) is 0 Å². The number of hydrogen-bond acceptors (Lipinski definition) is 3. The lowest BCUT2D eigenvalue weighted by atomic mass is 10.2. The van der Waals surface area contributed by atoms with Crippen molar-refractivity contribution in [2.75, 3.05) is 20.6 Å². The Kier molecular flexibility index (Phi) is 4.42. The smallest absolute Gasteiger partial charge is 0.179 e. The molecule has 6 heteroatoms. The molecule has 0 aromatic carbocycles. The summed E-state index contributed by atoms with van der Waals surface area (Å²) in [7, 11) is 6.18. The van der Waals surface area contributed by atoms with Gasteiger partial charge >= 0.3 is 0 Å². The van der Waals surface area contributed by atoms with Crippen molar-refractivity contribution in [1.29, 1.82) is 0 Å². The van der Waals surface area contributed by atoms with E-state index < -0.39 is 0 Å². The van der Waals surface area contributed by atoms with Gasteiger partial charge in [-0.15, -0.1) is 0 Å². The zero-order valence-electron chi connectivity index (χ0n) is 12.2. The van der Waals surface area contributed by atoms with Gasteiger partial charge in [-0.3, -0.25) is 4.68 Å². The highest BCUT2D eigenvalue weighted by atomic mass is 32.1. The van der Waals surface area contributed by atoms with Crippen LogP contribution in [-0.4, -0.2) is 44.9 Å². The number of nitrogens with zero attached hydrogens (tertiary/aromatic N) is 4. The Morgan fingerprint density at radius 2 is 2.11 bits per heavy atom. The molecule has 0 atom stereocenters. The predicted octanol–water partition coefficient (Wildman–Crippen LogP) is 2.34. The fourth-order valence-electron chi connectivity index (χ4n) is 2.44. The highest BCUT2D eigenvalue weighted by molar-refractivity contribution is 7.71. The fourth-order valence-corrected chi connectivity index (χ4v) is 2.72. The molecule has 0 amide bonds. The van der Waals surface area contributed by atoms with Crippen molar-refractivity contribution in [2.24, 2.45) is 7.05 Å². The van der Waals surface area contributed by atoms with Gasteiger partial charge in [0.1, 0.15) is 5.52 Å². The molecule has 0 saturated carbocycles. The van der Waals surface area contributed by atoms with Crippen molar-refractivity contribution in [1.82, 2.24) is 24.2 Å². The van der Waals surface area contributed by atoms with E-state index in [2.05, 4.69) is 40.6 Å². The lowest BCUT2D eigenvalue weighted by molar-refractivity contribution is 0.386. The van der Waals surface area contributed by atoms with Crippen LogP contribution < -0.4 is 0 Å². The second kappa shape index (κ2) is 5.88. The number of H-pyrrole nitrogens is 1. The molecule has 0 aliphatic carbocycles. The van der Waals surface area contributed by atoms with E-state index in [1.165, 1.54) is 0 Å². The summed E-state index contributed by atoms with van der Waals surface area (Å²) in [5, 5.41) is 4.59. The first-order chi connectivity index (χ1) is 9.04. The SMILES string of the molecule is CCCc1nn(C)c2c1[nH]c(=S)n2CCCN(C)C. The third kappa shape index (κ3) is 2.90. The number of aromatic nitrogens is 4. The van der Waals surface area contributed by atoms with Crippen LogP contribution in [0.15, 0.2) is 0 Å². The number of aromatic amines is 1. The topological polar surface area (TPSA) is 41.8 Å². The van der Waals surface area contributed by atoms with Crippen molar-refractivity contribution < 1.29 is 0 Å². The molecule has 1 N–H and O–H groups in total. The molecule has 2 heterocycles. The van der Waals surface area contributed by atoms with E-state index in [-0.39, 0.29) is 0 Å².